The molecule has 0 aromatic heterocycles. The van der Waals surface area contributed by atoms with Gasteiger partial charge < -0.3 is 5.73 Å². The summed E-state index contributed by atoms with van der Waals surface area (Å²) < 4.78 is 28.0. The number of fused-ring (bicyclic) bond motifs is 1. The molecule has 1 aliphatic carbocycles. The minimum absolute atomic E-state index is 0.000106. The van der Waals surface area contributed by atoms with Crippen LogP contribution in [0.5, 0.6) is 0 Å². The van der Waals surface area contributed by atoms with E-state index in [9.17, 15) is 8.42 Å². The topological polar surface area (TPSA) is 66.6 Å². The van der Waals surface area contributed by atoms with Crippen molar-refractivity contribution in [3.63, 3.8) is 0 Å². The molecule has 1 heterocycles. The zero-order chi connectivity index (χ0) is 13.5. The average Bonchev–Trinajstić information content (AvgIpc) is 2.71. The first kappa shape index (κ1) is 14.2. The fraction of sp³-hybridized carbons (Fsp3) is 1.00. The van der Waals surface area contributed by atoms with Crippen LogP contribution in [0.3, 0.4) is 0 Å². The van der Waals surface area contributed by atoms with Gasteiger partial charge in [-0.2, -0.15) is 17.0 Å². The van der Waals surface area contributed by atoms with E-state index in [4.69, 9.17) is 5.73 Å². The molecule has 1 unspecified atom stereocenters. The molecule has 0 amide bonds. The van der Waals surface area contributed by atoms with E-state index in [0.29, 0.717) is 24.9 Å². The smallest absolute Gasteiger partial charge is 0.281 e. The first-order chi connectivity index (χ1) is 8.32. The van der Waals surface area contributed by atoms with Crippen LogP contribution in [0, 0.1) is 11.8 Å². The average molecular weight is 275 g/mol. The minimum Gasteiger partial charge on any atom is -0.328 e. The van der Waals surface area contributed by atoms with Crippen LogP contribution in [-0.2, 0) is 10.2 Å². The van der Waals surface area contributed by atoms with Gasteiger partial charge in [0.05, 0.1) is 0 Å². The van der Waals surface area contributed by atoms with Crippen LogP contribution in [0.1, 0.15) is 33.1 Å². The van der Waals surface area contributed by atoms with Crippen molar-refractivity contribution in [2.45, 2.75) is 45.2 Å². The molecule has 1 saturated carbocycles. The van der Waals surface area contributed by atoms with Gasteiger partial charge in [-0.15, -0.1) is 0 Å². The van der Waals surface area contributed by atoms with Crippen molar-refractivity contribution in [3.05, 3.63) is 0 Å². The molecular weight excluding hydrogens is 250 g/mol. The number of rotatable bonds is 3. The Morgan fingerprint density at radius 2 is 1.83 bits per heavy atom. The van der Waals surface area contributed by atoms with Gasteiger partial charge in [-0.05, 0) is 44.9 Å². The molecule has 0 aromatic rings. The van der Waals surface area contributed by atoms with Crippen molar-refractivity contribution < 1.29 is 8.42 Å². The molecular formula is C12H25N3O2S. The summed E-state index contributed by atoms with van der Waals surface area (Å²) in [7, 11) is -1.63. The maximum absolute atomic E-state index is 12.4. The van der Waals surface area contributed by atoms with E-state index in [1.54, 1.807) is 11.4 Å². The van der Waals surface area contributed by atoms with Crippen molar-refractivity contribution in [1.29, 1.82) is 0 Å². The molecule has 6 heteroatoms. The highest BCUT2D eigenvalue weighted by Gasteiger charge is 2.42. The number of nitrogens with two attached hydrogens (primary N) is 1. The lowest BCUT2D eigenvalue weighted by atomic mass is 9.79. The van der Waals surface area contributed by atoms with Crippen LogP contribution >= 0.6 is 0 Å². The molecule has 106 valence electrons. The van der Waals surface area contributed by atoms with Gasteiger partial charge in [0.1, 0.15) is 0 Å². The summed E-state index contributed by atoms with van der Waals surface area (Å²) in [4.78, 5) is 0. The van der Waals surface area contributed by atoms with E-state index >= 15 is 0 Å². The van der Waals surface area contributed by atoms with Gasteiger partial charge in [-0.25, -0.2) is 0 Å². The number of hydrogen-bond acceptors (Lipinski definition) is 3. The van der Waals surface area contributed by atoms with Crippen molar-refractivity contribution in [1.82, 2.24) is 8.61 Å². The third kappa shape index (κ3) is 2.57. The standard InChI is InChI=1S/C12H25N3O2S/c1-9(2)14(3)18(16,17)15-7-10-4-5-12(13)6-11(10)8-15/h9-12H,4-8,13H2,1-3H3/t10-,11+,12?/m1/s1. The van der Waals surface area contributed by atoms with Crippen molar-refractivity contribution in [2.75, 3.05) is 20.1 Å². The first-order valence-corrected chi connectivity index (χ1v) is 8.20. The molecule has 2 rings (SSSR count). The van der Waals surface area contributed by atoms with Gasteiger partial charge in [-0.1, -0.05) is 0 Å². The molecule has 0 bridgehead atoms. The maximum atomic E-state index is 12.4. The zero-order valence-corrected chi connectivity index (χ0v) is 12.4. The zero-order valence-electron chi connectivity index (χ0n) is 11.5. The molecule has 2 fully saturated rings. The van der Waals surface area contributed by atoms with Gasteiger partial charge in [0.25, 0.3) is 10.2 Å². The van der Waals surface area contributed by atoms with Gasteiger partial charge in [0, 0.05) is 32.2 Å². The van der Waals surface area contributed by atoms with Gasteiger partial charge >= 0.3 is 0 Å². The van der Waals surface area contributed by atoms with Crippen molar-refractivity contribution >= 4 is 10.2 Å². The molecule has 0 spiro atoms. The third-order valence-electron chi connectivity index (χ3n) is 4.47. The second kappa shape index (κ2) is 5.07. The van der Waals surface area contributed by atoms with Crippen LogP contribution in [-0.4, -0.2) is 49.2 Å². The molecule has 2 N–H and O–H groups in total. The maximum Gasteiger partial charge on any atom is 0.281 e. The SMILES string of the molecule is CC(C)N(C)S(=O)(=O)N1C[C@H]2CCC(N)C[C@H]2C1. The Hall–Kier alpha value is -0.170. The lowest BCUT2D eigenvalue weighted by molar-refractivity contribution is 0.271. The second-order valence-corrected chi connectivity index (χ2v) is 8.02. The summed E-state index contributed by atoms with van der Waals surface area (Å²) in [5.74, 6) is 0.976. The van der Waals surface area contributed by atoms with Crippen LogP contribution < -0.4 is 5.73 Å². The Bertz CT molecular complexity index is 396. The Morgan fingerprint density at radius 1 is 1.22 bits per heavy atom. The third-order valence-corrected chi connectivity index (χ3v) is 6.57. The summed E-state index contributed by atoms with van der Waals surface area (Å²) in [5, 5.41) is 0. The fourth-order valence-corrected chi connectivity index (χ4v) is 4.72. The predicted octanol–water partition coefficient (Wildman–Crippen LogP) is 0.631. The summed E-state index contributed by atoms with van der Waals surface area (Å²) >= 11 is 0. The highest BCUT2D eigenvalue weighted by molar-refractivity contribution is 7.86. The van der Waals surface area contributed by atoms with E-state index in [1.165, 1.54) is 4.31 Å². The Labute approximate surface area is 110 Å². The lowest BCUT2D eigenvalue weighted by Crippen LogP contribution is -2.43. The monoisotopic (exact) mass is 275 g/mol. The van der Waals surface area contributed by atoms with Crippen LogP contribution in [0.15, 0.2) is 0 Å². The molecule has 3 atom stereocenters. The van der Waals surface area contributed by atoms with Gasteiger partial charge in [0.2, 0.25) is 0 Å². The number of nitrogens with zero attached hydrogens (tertiary/aromatic N) is 2. The molecule has 5 nitrogen and oxygen atoms in total. The predicted molar refractivity (Wildman–Crippen MR) is 72.2 cm³/mol. The molecule has 0 aromatic carbocycles. The van der Waals surface area contributed by atoms with Crippen molar-refractivity contribution in [3.8, 4) is 0 Å². The summed E-state index contributed by atoms with van der Waals surface area (Å²) in [6.45, 7) is 5.13. The van der Waals surface area contributed by atoms with E-state index < -0.39 is 10.2 Å². The van der Waals surface area contributed by atoms with E-state index in [0.717, 1.165) is 19.3 Å². The summed E-state index contributed by atoms with van der Waals surface area (Å²) in [6, 6.07) is 0.261. The number of hydrogen-bond donors (Lipinski definition) is 1. The van der Waals surface area contributed by atoms with Crippen molar-refractivity contribution in [2.24, 2.45) is 17.6 Å². The Morgan fingerprint density at radius 3 is 2.44 bits per heavy atom. The molecule has 1 saturated heterocycles. The molecule has 18 heavy (non-hydrogen) atoms. The van der Waals surface area contributed by atoms with Gasteiger partial charge in [-0.3, -0.25) is 0 Å². The largest absolute Gasteiger partial charge is 0.328 e. The summed E-state index contributed by atoms with van der Waals surface area (Å²) in [5.41, 5.74) is 5.97. The van der Waals surface area contributed by atoms with Gasteiger partial charge in [0.15, 0.2) is 0 Å². The fourth-order valence-electron chi connectivity index (χ4n) is 3.06. The van der Waals surface area contributed by atoms with Crippen LogP contribution in [0.2, 0.25) is 0 Å². The second-order valence-electron chi connectivity index (χ2n) is 6.03. The van der Waals surface area contributed by atoms with Crippen LogP contribution in [0.25, 0.3) is 0 Å². The quantitative estimate of drug-likeness (QED) is 0.821. The Kier molecular flexibility index (Phi) is 4.02. The normalized spacial score (nSPS) is 34.2. The molecule has 0 radical (unpaired) electrons. The summed E-state index contributed by atoms with van der Waals surface area (Å²) in [6.07, 6.45) is 3.08. The molecule has 2 aliphatic rings. The van der Waals surface area contributed by atoms with E-state index in [2.05, 4.69) is 0 Å². The minimum atomic E-state index is -3.29. The highest BCUT2D eigenvalue weighted by atomic mass is 32.2. The lowest BCUT2D eigenvalue weighted by Gasteiger charge is -2.28. The van der Waals surface area contributed by atoms with Crippen LogP contribution in [0.4, 0.5) is 0 Å². The Balaban J connectivity index is 2.08. The van der Waals surface area contributed by atoms with E-state index in [-0.39, 0.29) is 12.1 Å². The van der Waals surface area contributed by atoms with E-state index in [1.807, 2.05) is 13.8 Å². The first-order valence-electron chi connectivity index (χ1n) is 6.81. The highest BCUT2D eigenvalue weighted by Crippen LogP contribution is 2.37. The molecule has 1 aliphatic heterocycles.